The minimum atomic E-state index is -0.439. The van der Waals surface area contributed by atoms with Gasteiger partial charge >= 0.3 is 0 Å². The van der Waals surface area contributed by atoms with E-state index >= 15 is 0 Å². The van der Waals surface area contributed by atoms with Crippen LogP contribution in [0.4, 0.5) is 4.39 Å². The van der Waals surface area contributed by atoms with Crippen LogP contribution < -0.4 is 10.1 Å². The van der Waals surface area contributed by atoms with E-state index in [1.807, 2.05) is 24.3 Å². The van der Waals surface area contributed by atoms with E-state index in [-0.39, 0.29) is 16.8 Å². The summed E-state index contributed by atoms with van der Waals surface area (Å²) >= 11 is 4.00. The Morgan fingerprint density at radius 3 is 2.90 bits per heavy atom. The average Bonchev–Trinajstić information content (AvgIpc) is 2.50. The van der Waals surface area contributed by atoms with Crippen LogP contribution in [0.5, 0.6) is 5.75 Å². The van der Waals surface area contributed by atoms with Gasteiger partial charge in [0.25, 0.3) is 5.91 Å². The van der Waals surface area contributed by atoms with Gasteiger partial charge in [-0.3, -0.25) is 4.79 Å². The predicted octanol–water partition coefficient (Wildman–Crippen LogP) is 3.37. The van der Waals surface area contributed by atoms with Gasteiger partial charge in [0, 0.05) is 22.4 Å². The quantitative estimate of drug-likeness (QED) is 0.835. The number of hydrogen-bond donors (Lipinski definition) is 2. The summed E-state index contributed by atoms with van der Waals surface area (Å²) in [7, 11) is 0. The molecule has 1 unspecified atom stereocenters. The van der Waals surface area contributed by atoms with Gasteiger partial charge in [0.2, 0.25) is 0 Å². The number of carbonyl (C=O) groups is 1. The fourth-order valence-electron chi connectivity index (χ4n) is 2.39. The van der Waals surface area contributed by atoms with Gasteiger partial charge in [0.15, 0.2) is 0 Å². The smallest absolute Gasteiger partial charge is 0.251 e. The second-order valence-corrected chi connectivity index (χ2v) is 5.35. The number of para-hydroxylation sites is 1. The fourth-order valence-corrected chi connectivity index (χ4v) is 2.60. The summed E-state index contributed by atoms with van der Waals surface area (Å²) in [6, 6.07) is 11.7. The van der Waals surface area contributed by atoms with Crippen molar-refractivity contribution in [1.82, 2.24) is 5.32 Å². The standard InChI is InChI=1S/C16H14FNO2S/c17-12-6-5-10(9-15(12)21)16(19)18-13-7-8-20-14-4-2-1-3-11(13)14/h1-6,9,13,21H,7-8H2,(H,18,19). The van der Waals surface area contributed by atoms with Crippen molar-refractivity contribution in [2.75, 3.05) is 6.61 Å². The molecular formula is C16H14FNO2S. The molecule has 0 aliphatic carbocycles. The second-order valence-electron chi connectivity index (χ2n) is 4.87. The molecule has 1 atom stereocenters. The highest BCUT2D eigenvalue weighted by Gasteiger charge is 2.23. The van der Waals surface area contributed by atoms with E-state index in [0.29, 0.717) is 18.6 Å². The van der Waals surface area contributed by atoms with E-state index in [9.17, 15) is 9.18 Å². The molecule has 0 saturated heterocycles. The molecule has 0 aromatic heterocycles. The molecule has 3 nitrogen and oxygen atoms in total. The van der Waals surface area contributed by atoms with Gasteiger partial charge in [0.1, 0.15) is 11.6 Å². The third-order valence-electron chi connectivity index (χ3n) is 3.47. The number of fused-ring (bicyclic) bond motifs is 1. The monoisotopic (exact) mass is 303 g/mol. The zero-order chi connectivity index (χ0) is 14.8. The largest absolute Gasteiger partial charge is 0.493 e. The van der Waals surface area contributed by atoms with Crippen molar-refractivity contribution < 1.29 is 13.9 Å². The van der Waals surface area contributed by atoms with Crippen molar-refractivity contribution in [3.63, 3.8) is 0 Å². The lowest BCUT2D eigenvalue weighted by Gasteiger charge is -2.26. The first-order valence-electron chi connectivity index (χ1n) is 6.66. The Balaban J connectivity index is 1.81. The highest BCUT2D eigenvalue weighted by Crippen LogP contribution is 2.31. The van der Waals surface area contributed by atoms with Crippen LogP contribution in [-0.4, -0.2) is 12.5 Å². The minimum Gasteiger partial charge on any atom is -0.493 e. The molecular weight excluding hydrogens is 289 g/mol. The van der Waals surface area contributed by atoms with Crippen LogP contribution in [0.1, 0.15) is 28.4 Å². The van der Waals surface area contributed by atoms with E-state index in [0.717, 1.165) is 11.3 Å². The number of ether oxygens (including phenoxy) is 1. The number of amides is 1. The molecule has 2 aromatic rings. The number of rotatable bonds is 2. The molecule has 0 bridgehead atoms. The Hall–Kier alpha value is -2.01. The first kappa shape index (κ1) is 13.9. The van der Waals surface area contributed by atoms with Crippen molar-refractivity contribution in [2.24, 2.45) is 0 Å². The SMILES string of the molecule is O=C(NC1CCOc2ccccc21)c1ccc(F)c(S)c1. The van der Waals surface area contributed by atoms with Crippen LogP contribution in [-0.2, 0) is 0 Å². The first-order valence-corrected chi connectivity index (χ1v) is 7.11. The van der Waals surface area contributed by atoms with Crippen LogP contribution in [0, 0.1) is 5.82 Å². The number of nitrogens with one attached hydrogen (secondary N) is 1. The zero-order valence-corrected chi connectivity index (χ0v) is 12.1. The third kappa shape index (κ3) is 2.88. The van der Waals surface area contributed by atoms with Gasteiger partial charge < -0.3 is 10.1 Å². The van der Waals surface area contributed by atoms with Gasteiger partial charge in [-0.2, -0.15) is 0 Å². The Kier molecular flexibility index (Phi) is 3.84. The molecule has 1 aliphatic heterocycles. The van der Waals surface area contributed by atoms with Crippen molar-refractivity contribution in [2.45, 2.75) is 17.4 Å². The zero-order valence-electron chi connectivity index (χ0n) is 11.2. The Bertz CT molecular complexity index is 690. The predicted molar refractivity (Wildman–Crippen MR) is 80.4 cm³/mol. The Labute approximate surface area is 127 Å². The molecule has 1 aliphatic rings. The molecule has 3 rings (SSSR count). The van der Waals surface area contributed by atoms with E-state index in [2.05, 4.69) is 17.9 Å². The van der Waals surface area contributed by atoms with Gasteiger partial charge in [-0.05, 0) is 24.3 Å². The molecule has 1 N–H and O–H groups in total. The summed E-state index contributed by atoms with van der Waals surface area (Å²) in [6.07, 6.45) is 0.706. The highest BCUT2D eigenvalue weighted by molar-refractivity contribution is 7.80. The topological polar surface area (TPSA) is 38.3 Å². The van der Waals surface area contributed by atoms with E-state index in [4.69, 9.17) is 4.74 Å². The average molecular weight is 303 g/mol. The van der Waals surface area contributed by atoms with Gasteiger partial charge in [0.05, 0.1) is 12.6 Å². The van der Waals surface area contributed by atoms with E-state index in [1.165, 1.54) is 18.2 Å². The molecule has 21 heavy (non-hydrogen) atoms. The van der Waals surface area contributed by atoms with Crippen LogP contribution in [0.2, 0.25) is 0 Å². The van der Waals surface area contributed by atoms with E-state index in [1.54, 1.807) is 0 Å². The number of thiol groups is 1. The number of halogens is 1. The molecule has 0 saturated carbocycles. The molecule has 5 heteroatoms. The molecule has 2 aromatic carbocycles. The normalized spacial score (nSPS) is 16.8. The maximum atomic E-state index is 13.2. The maximum Gasteiger partial charge on any atom is 0.251 e. The summed E-state index contributed by atoms with van der Waals surface area (Å²) in [4.78, 5) is 12.4. The molecule has 1 heterocycles. The molecule has 0 fully saturated rings. The van der Waals surface area contributed by atoms with Crippen molar-refractivity contribution in [1.29, 1.82) is 0 Å². The Morgan fingerprint density at radius 2 is 2.10 bits per heavy atom. The fraction of sp³-hybridized carbons (Fsp3) is 0.188. The lowest BCUT2D eigenvalue weighted by Crippen LogP contribution is -2.32. The van der Waals surface area contributed by atoms with Crippen LogP contribution in [0.25, 0.3) is 0 Å². The summed E-state index contributed by atoms with van der Waals surface area (Å²) in [5.74, 6) is 0.112. The molecule has 0 radical (unpaired) electrons. The van der Waals surface area contributed by atoms with Crippen LogP contribution in [0.3, 0.4) is 0 Å². The second kappa shape index (κ2) is 5.77. The summed E-state index contributed by atoms with van der Waals surface area (Å²) < 4.78 is 18.8. The third-order valence-corrected chi connectivity index (χ3v) is 3.81. The first-order chi connectivity index (χ1) is 10.1. The minimum absolute atomic E-state index is 0.101. The van der Waals surface area contributed by atoms with Crippen molar-refractivity contribution in [3.05, 3.63) is 59.4 Å². The number of hydrogen-bond acceptors (Lipinski definition) is 3. The van der Waals surface area contributed by atoms with Crippen molar-refractivity contribution >= 4 is 18.5 Å². The van der Waals surface area contributed by atoms with Gasteiger partial charge in [-0.1, -0.05) is 18.2 Å². The van der Waals surface area contributed by atoms with Gasteiger partial charge in [-0.15, -0.1) is 12.6 Å². The molecule has 0 spiro atoms. The van der Waals surface area contributed by atoms with Crippen LogP contribution >= 0.6 is 12.6 Å². The number of carbonyl (C=O) groups excluding carboxylic acids is 1. The summed E-state index contributed by atoms with van der Waals surface area (Å²) in [6.45, 7) is 0.559. The van der Waals surface area contributed by atoms with Gasteiger partial charge in [-0.25, -0.2) is 4.39 Å². The van der Waals surface area contributed by atoms with Crippen molar-refractivity contribution in [3.8, 4) is 5.75 Å². The number of benzene rings is 2. The Morgan fingerprint density at radius 1 is 1.29 bits per heavy atom. The summed E-state index contributed by atoms with van der Waals surface area (Å²) in [5.41, 5.74) is 1.36. The van der Waals surface area contributed by atoms with E-state index < -0.39 is 5.82 Å². The molecule has 108 valence electrons. The maximum absolute atomic E-state index is 13.2. The lowest BCUT2D eigenvalue weighted by molar-refractivity contribution is 0.0924. The molecule has 1 amide bonds. The van der Waals surface area contributed by atoms with Crippen LogP contribution in [0.15, 0.2) is 47.4 Å². The lowest BCUT2D eigenvalue weighted by atomic mass is 10.00. The highest BCUT2D eigenvalue weighted by atomic mass is 32.1. The summed E-state index contributed by atoms with van der Waals surface area (Å²) in [5, 5.41) is 2.96.